The SMILES string of the molecule is Fc1ccc(OCCNCC2CNNC2c2cccnc2)cc1F. The average molecular weight is 334 g/mol. The fourth-order valence-corrected chi connectivity index (χ4v) is 2.74. The third kappa shape index (κ3) is 4.25. The highest BCUT2D eigenvalue weighted by Gasteiger charge is 2.27. The maximum absolute atomic E-state index is 13.1. The Bertz CT molecular complexity index is 656. The lowest BCUT2D eigenvalue weighted by Crippen LogP contribution is -2.31. The van der Waals surface area contributed by atoms with Gasteiger partial charge in [0.2, 0.25) is 0 Å². The van der Waals surface area contributed by atoms with E-state index in [1.807, 2.05) is 12.3 Å². The van der Waals surface area contributed by atoms with E-state index in [0.29, 0.717) is 24.8 Å². The first-order valence-electron chi connectivity index (χ1n) is 7.91. The van der Waals surface area contributed by atoms with Crippen molar-refractivity contribution in [1.82, 2.24) is 21.2 Å². The van der Waals surface area contributed by atoms with Gasteiger partial charge in [-0.2, -0.15) is 0 Å². The van der Waals surface area contributed by atoms with Crippen LogP contribution < -0.4 is 20.9 Å². The van der Waals surface area contributed by atoms with Gasteiger partial charge >= 0.3 is 0 Å². The van der Waals surface area contributed by atoms with E-state index < -0.39 is 11.6 Å². The molecule has 1 aromatic heterocycles. The Morgan fingerprint density at radius 1 is 1.25 bits per heavy atom. The summed E-state index contributed by atoms with van der Waals surface area (Å²) in [6.07, 6.45) is 3.62. The zero-order valence-corrected chi connectivity index (χ0v) is 13.1. The number of halogens is 2. The van der Waals surface area contributed by atoms with E-state index in [2.05, 4.69) is 27.2 Å². The van der Waals surface area contributed by atoms with Crippen LogP contribution in [0.25, 0.3) is 0 Å². The Labute approximate surface area is 139 Å². The van der Waals surface area contributed by atoms with Gasteiger partial charge in [-0.3, -0.25) is 10.4 Å². The molecule has 0 bridgehead atoms. The van der Waals surface area contributed by atoms with E-state index in [4.69, 9.17) is 4.74 Å². The molecule has 0 aliphatic carbocycles. The lowest BCUT2D eigenvalue weighted by molar-refractivity contribution is 0.304. The smallest absolute Gasteiger partial charge is 0.162 e. The molecule has 1 aliphatic rings. The topological polar surface area (TPSA) is 58.2 Å². The molecule has 24 heavy (non-hydrogen) atoms. The second-order valence-electron chi connectivity index (χ2n) is 5.68. The molecule has 2 heterocycles. The molecular weight excluding hydrogens is 314 g/mol. The number of hydrazine groups is 1. The van der Waals surface area contributed by atoms with Crippen LogP contribution in [0.1, 0.15) is 11.6 Å². The van der Waals surface area contributed by atoms with Crippen molar-refractivity contribution in [3.8, 4) is 5.75 Å². The molecular formula is C17H20F2N4O. The Hall–Kier alpha value is -2.09. The number of nitrogens with one attached hydrogen (secondary N) is 3. The van der Waals surface area contributed by atoms with E-state index in [1.165, 1.54) is 6.07 Å². The summed E-state index contributed by atoms with van der Waals surface area (Å²) in [7, 11) is 0. The second-order valence-corrected chi connectivity index (χ2v) is 5.68. The highest BCUT2D eigenvalue weighted by molar-refractivity contribution is 5.23. The van der Waals surface area contributed by atoms with Gasteiger partial charge in [0, 0.05) is 44.0 Å². The molecule has 0 spiro atoms. The minimum Gasteiger partial charge on any atom is -0.492 e. The number of aromatic nitrogens is 1. The van der Waals surface area contributed by atoms with Gasteiger partial charge in [-0.05, 0) is 23.8 Å². The fraction of sp³-hybridized carbons (Fsp3) is 0.353. The van der Waals surface area contributed by atoms with E-state index in [9.17, 15) is 8.78 Å². The minimum absolute atomic E-state index is 0.207. The van der Waals surface area contributed by atoms with E-state index >= 15 is 0 Å². The van der Waals surface area contributed by atoms with Gasteiger partial charge in [0.15, 0.2) is 11.6 Å². The van der Waals surface area contributed by atoms with Crippen molar-refractivity contribution in [2.24, 2.45) is 5.92 Å². The number of hydrogen-bond acceptors (Lipinski definition) is 5. The number of hydrogen-bond donors (Lipinski definition) is 3. The predicted molar refractivity (Wildman–Crippen MR) is 86.3 cm³/mol. The summed E-state index contributed by atoms with van der Waals surface area (Å²) in [5.74, 6) is -1.06. The summed E-state index contributed by atoms with van der Waals surface area (Å²) in [5, 5.41) is 3.33. The van der Waals surface area contributed by atoms with Crippen molar-refractivity contribution in [1.29, 1.82) is 0 Å². The highest BCUT2D eigenvalue weighted by atomic mass is 19.2. The monoisotopic (exact) mass is 334 g/mol. The molecule has 0 amide bonds. The van der Waals surface area contributed by atoms with Crippen LogP contribution in [-0.2, 0) is 0 Å². The first kappa shape index (κ1) is 16.8. The lowest BCUT2D eigenvalue weighted by Gasteiger charge is -2.19. The quantitative estimate of drug-likeness (QED) is 0.674. The van der Waals surface area contributed by atoms with E-state index in [0.717, 1.165) is 30.8 Å². The molecule has 3 rings (SSSR count). The first-order chi connectivity index (χ1) is 11.7. The van der Waals surface area contributed by atoms with Gasteiger partial charge in [-0.15, -0.1) is 0 Å². The number of rotatable bonds is 7. The van der Waals surface area contributed by atoms with Gasteiger partial charge in [0.05, 0.1) is 6.04 Å². The summed E-state index contributed by atoms with van der Waals surface area (Å²) < 4.78 is 31.3. The van der Waals surface area contributed by atoms with Gasteiger partial charge in [-0.25, -0.2) is 14.2 Å². The summed E-state index contributed by atoms with van der Waals surface area (Å²) in [4.78, 5) is 4.15. The molecule has 3 N–H and O–H groups in total. The van der Waals surface area contributed by atoms with Gasteiger partial charge in [0.1, 0.15) is 12.4 Å². The van der Waals surface area contributed by atoms with Crippen molar-refractivity contribution in [2.75, 3.05) is 26.2 Å². The Kier molecular flexibility index (Phi) is 5.68. The number of ether oxygens (including phenoxy) is 1. The molecule has 1 fully saturated rings. The third-order valence-electron chi connectivity index (χ3n) is 3.98. The first-order valence-corrected chi connectivity index (χ1v) is 7.91. The number of benzene rings is 1. The van der Waals surface area contributed by atoms with Crippen molar-refractivity contribution in [3.05, 3.63) is 59.9 Å². The second kappa shape index (κ2) is 8.14. The van der Waals surface area contributed by atoms with Crippen LogP contribution in [0.5, 0.6) is 5.75 Å². The number of nitrogens with zero attached hydrogens (tertiary/aromatic N) is 1. The Morgan fingerprint density at radius 2 is 2.17 bits per heavy atom. The minimum atomic E-state index is -0.900. The van der Waals surface area contributed by atoms with E-state index in [-0.39, 0.29) is 6.04 Å². The maximum Gasteiger partial charge on any atom is 0.162 e. The molecule has 0 saturated carbocycles. The zero-order chi connectivity index (χ0) is 16.8. The molecule has 7 heteroatoms. The van der Waals surface area contributed by atoms with Crippen LogP contribution in [0.3, 0.4) is 0 Å². The molecule has 128 valence electrons. The van der Waals surface area contributed by atoms with Crippen LogP contribution in [0.2, 0.25) is 0 Å². The Balaban J connectivity index is 1.40. The predicted octanol–water partition coefficient (Wildman–Crippen LogP) is 1.79. The molecule has 1 saturated heterocycles. The summed E-state index contributed by atoms with van der Waals surface area (Å²) in [6, 6.07) is 7.72. The zero-order valence-electron chi connectivity index (χ0n) is 13.1. The molecule has 1 aliphatic heterocycles. The fourth-order valence-electron chi connectivity index (χ4n) is 2.74. The van der Waals surface area contributed by atoms with Crippen molar-refractivity contribution < 1.29 is 13.5 Å². The summed E-state index contributed by atoms with van der Waals surface area (Å²) in [5.41, 5.74) is 7.58. The van der Waals surface area contributed by atoms with Crippen molar-refractivity contribution >= 4 is 0 Å². The Morgan fingerprint density at radius 3 is 2.96 bits per heavy atom. The summed E-state index contributed by atoms with van der Waals surface area (Å²) in [6.45, 7) is 2.67. The lowest BCUT2D eigenvalue weighted by atomic mass is 9.96. The number of pyridine rings is 1. The van der Waals surface area contributed by atoms with Crippen LogP contribution in [-0.4, -0.2) is 31.2 Å². The van der Waals surface area contributed by atoms with Crippen LogP contribution in [0.4, 0.5) is 8.78 Å². The van der Waals surface area contributed by atoms with Crippen molar-refractivity contribution in [3.63, 3.8) is 0 Å². The van der Waals surface area contributed by atoms with E-state index in [1.54, 1.807) is 6.20 Å². The molecule has 2 atom stereocenters. The molecule has 0 radical (unpaired) electrons. The molecule has 5 nitrogen and oxygen atoms in total. The van der Waals surface area contributed by atoms with Gasteiger partial charge in [0.25, 0.3) is 0 Å². The molecule has 1 aromatic carbocycles. The average Bonchev–Trinajstić information content (AvgIpc) is 3.07. The third-order valence-corrected chi connectivity index (χ3v) is 3.98. The van der Waals surface area contributed by atoms with Gasteiger partial charge in [-0.1, -0.05) is 6.07 Å². The van der Waals surface area contributed by atoms with Gasteiger partial charge < -0.3 is 10.1 Å². The van der Waals surface area contributed by atoms with Crippen LogP contribution in [0, 0.1) is 17.6 Å². The maximum atomic E-state index is 13.1. The van der Waals surface area contributed by atoms with Crippen LogP contribution >= 0.6 is 0 Å². The molecule has 2 unspecified atom stereocenters. The largest absolute Gasteiger partial charge is 0.492 e. The van der Waals surface area contributed by atoms with Crippen molar-refractivity contribution in [2.45, 2.75) is 6.04 Å². The highest BCUT2D eigenvalue weighted by Crippen LogP contribution is 2.23. The molecule has 2 aromatic rings. The summed E-state index contributed by atoms with van der Waals surface area (Å²) >= 11 is 0. The standard InChI is InChI=1S/C17H20F2N4O/c18-15-4-3-14(8-16(15)19)24-7-6-21-10-13-11-22-23-17(13)12-2-1-5-20-9-12/h1-5,8-9,13,17,21-23H,6-7,10-11H2. The van der Waals surface area contributed by atoms with Crippen LogP contribution in [0.15, 0.2) is 42.7 Å². The normalized spacial score (nSPS) is 20.2.